The van der Waals surface area contributed by atoms with Gasteiger partial charge in [-0.15, -0.1) is 11.3 Å². The number of carbonyl (C=O) groups is 3. The number of thiazole rings is 1. The second kappa shape index (κ2) is 9.90. The van der Waals surface area contributed by atoms with Gasteiger partial charge in [-0.1, -0.05) is 42.1 Å². The third-order valence-electron chi connectivity index (χ3n) is 5.13. The first-order valence-electron chi connectivity index (χ1n) is 9.78. The molecule has 0 radical (unpaired) electrons. The number of ketones is 1. The quantitative estimate of drug-likeness (QED) is 0.314. The molecule has 1 aliphatic carbocycles. The normalized spacial score (nSPS) is 15.1. The molecule has 30 heavy (non-hydrogen) atoms. The van der Waals surface area contributed by atoms with E-state index >= 15 is 0 Å². The molecule has 1 unspecified atom stereocenters. The lowest BCUT2D eigenvalue weighted by Gasteiger charge is -2.29. The number of hydrogen-bond donors (Lipinski definition) is 0. The van der Waals surface area contributed by atoms with Crippen LogP contribution in [-0.4, -0.2) is 35.3 Å². The summed E-state index contributed by atoms with van der Waals surface area (Å²) in [6.45, 7) is 3.54. The number of ether oxygens (including phenoxy) is 1. The maximum absolute atomic E-state index is 13.5. The van der Waals surface area contributed by atoms with Crippen LogP contribution in [0.3, 0.4) is 0 Å². The van der Waals surface area contributed by atoms with E-state index in [2.05, 4.69) is 4.98 Å². The molecule has 0 aliphatic heterocycles. The Balaban J connectivity index is 1.90. The highest BCUT2D eigenvalue weighted by atomic mass is 35.5. The first-order valence-corrected chi connectivity index (χ1v) is 11.4. The van der Waals surface area contributed by atoms with Gasteiger partial charge >= 0.3 is 5.97 Å². The first-order chi connectivity index (χ1) is 14.3. The predicted molar refractivity (Wildman–Crippen MR) is 118 cm³/mol. The van der Waals surface area contributed by atoms with E-state index in [1.165, 1.54) is 16.7 Å². The van der Waals surface area contributed by atoms with Gasteiger partial charge in [0.05, 0.1) is 22.6 Å². The standard InChI is InChI=1S/C21H22Cl2N2O4S/c1-3-29-20(28)18(26)17-11-30-21(24-17)25(14-6-4-5-7-14)19(27)12(2)13-8-9-15(22)16(23)10-13/h8-12,14H,3-7H2,1-2H3. The number of anilines is 1. The molecule has 9 heteroatoms. The third-order valence-corrected chi connectivity index (χ3v) is 6.71. The van der Waals surface area contributed by atoms with Gasteiger partial charge in [-0.25, -0.2) is 9.78 Å². The molecule has 1 atom stereocenters. The van der Waals surface area contributed by atoms with Crippen molar-refractivity contribution in [1.29, 1.82) is 0 Å². The molecule has 1 aromatic heterocycles. The summed E-state index contributed by atoms with van der Waals surface area (Å²) in [6, 6.07) is 5.14. The number of rotatable bonds is 7. The molecule has 1 amide bonds. The van der Waals surface area contributed by atoms with Crippen molar-refractivity contribution < 1.29 is 19.1 Å². The monoisotopic (exact) mass is 468 g/mol. The first kappa shape index (κ1) is 22.7. The fourth-order valence-corrected chi connectivity index (χ4v) is 4.69. The number of esters is 1. The van der Waals surface area contributed by atoms with Crippen LogP contribution < -0.4 is 4.90 Å². The number of Topliss-reactive ketones (excluding diaryl/α,β-unsaturated/α-hetero) is 1. The molecular formula is C21H22Cl2N2O4S. The van der Waals surface area contributed by atoms with Crippen LogP contribution >= 0.6 is 34.5 Å². The fraction of sp³-hybridized carbons (Fsp3) is 0.429. The summed E-state index contributed by atoms with van der Waals surface area (Å²) in [5, 5.41) is 2.72. The van der Waals surface area contributed by atoms with E-state index in [9.17, 15) is 14.4 Å². The number of halogens is 2. The highest BCUT2D eigenvalue weighted by Crippen LogP contribution is 2.34. The highest BCUT2D eigenvalue weighted by molar-refractivity contribution is 7.14. The van der Waals surface area contributed by atoms with Gasteiger partial charge in [0.25, 0.3) is 5.78 Å². The molecule has 1 heterocycles. The minimum Gasteiger partial charge on any atom is -0.460 e. The van der Waals surface area contributed by atoms with E-state index in [0.717, 1.165) is 31.2 Å². The number of benzene rings is 1. The van der Waals surface area contributed by atoms with Gasteiger partial charge in [0.2, 0.25) is 5.91 Å². The van der Waals surface area contributed by atoms with E-state index in [1.807, 2.05) is 6.92 Å². The van der Waals surface area contributed by atoms with Crippen LogP contribution in [0.4, 0.5) is 5.13 Å². The van der Waals surface area contributed by atoms with Crippen molar-refractivity contribution in [3.05, 3.63) is 44.9 Å². The van der Waals surface area contributed by atoms with Crippen molar-refractivity contribution in [2.75, 3.05) is 11.5 Å². The largest absolute Gasteiger partial charge is 0.460 e. The molecule has 1 aromatic carbocycles. The number of carbonyl (C=O) groups excluding carboxylic acids is 3. The molecule has 1 fully saturated rings. The SMILES string of the molecule is CCOC(=O)C(=O)c1csc(N(C(=O)C(C)c2ccc(Cl)c(Cl)c2)C2CCCC2)n1. The van der Waals surface area contributed by atoms with Crippen molar-refractivity contribution in [1.82, 2.24) is 4.98 Å². The van der Waals surface area contributed by atoms with Crippen LogP contribution in [-0.2, 0) is 14.3 Å². The van der Waals surface area contributed by atoms with Gasteiger partial charge in [0, 0.05) is 11.4 Å². The summed E-state index contributed by atoms with van der Waals surface area (Å²) < 4.78 is 4.76. The average molecular weight is 469 g/mol. The van der Waals surface area contributed by atoms with E-state index in [-0.39, 0.29) is 24.2 Å². The van der Waals surface area contributed by atoms with Crippen LogP contribution in [0.2, 0.25) is 10.0 Å². The molecule has 0 N–H and O–H groups in total. The summed E-state index contributed by atoms with van der Waals surface area (Å²) in [7, 11) is 0. The van der Waals surface area contributed by atoms with Crippen LogP contribution in [0, 0.1) is 0 Å². The van der Waals surface area contributed by atoms with Crippen molar-refractivity contribution >= 4 is 57.3 Å². The summed E-state index contributed by atoms with van der Waals surface area (Å²) in [4.78, 5) is 43.4. The Morgan fingerprint density at radius 3 is 2.57 bits per heavy atom. The summed E-state index contributed by atoms with van der Waals surface area (Å²) in [5.74, 6) is -2.37. The van der Waals surface area contributed by atoms with E-state index < -0.39 is 17.7 Å². The maximum atomic E-state index is 13.5. The smallest absolute Gasteiger partial charge is 0.381 e. The van der Waals surface area contributed by atoms with Crippen molar-refractivity contribution in [3.8, 4) is 0 Å². The van der Waals surface area contributed by atoms with E-state index in [4.69, 9.17) is 27.9 Å². The van der Waals surface area contributed by atoms with Crippen molar-refractivity contribution in [2.24, 2.45) is 0 Å². The number of amides is 1. The predicted octanol–water partition coefficient (Wildman–Crippen LogP) is 5.28. The van der Waals surface area contributed by atoms with Gasteiger partial charge in [0.15, 0.2) is 5.13 Å². The molecule has 0 saturated heterocycles. The molecule has 0 spiro atoms. The van der Waals surface area contributed by atoms with E-state index in [0.29, 0.717) is 15.2 Å². The lowest BCUT2D eigenvalue weighted by Crippen LogP contribution is -2.41. The van der Waals surface area contributed by atoms with Gasteiger partial charge in [0.1, 0.15) is 5.69 Å². The van der Waals surface area contributed by atoms with Crippen LogP contribution in [0.25, 0.3) is 0 Å². The highest BCUT2D eigenvalue weighted by Gasteiger charge is 2.34. The average Bonchev–Trinajstić information content (AvgIpc) is 3.42. The Labute approximate surface area is 189 Å². The summed E-state index contributed by atoms with van der Waals surface area (Å²) in [5.41, 5.74) is 0.739. The Morgan fingerprint density at radius 1 is 1.23 bits per heavy atom. The number of hydrogen-bond acceptors (Lipinski definition) is 6. The maximum Gasteiger partial charge on any atom is 0.381 e. The molecule has 3 rings (SSSR count). The van der Waals surface area contributed by atoms with Crippen LogP contribution in [0.1, 0.15) is 61.5 Å². The second-order valence-corrected chi connectivity index (χ2v) is 8.76. The number of nitrogens with zero attached hydrogens (tertiary/aromatic N) is 2. The minimum absolute atomic E-state index is 0.000539. The third kappa shape index (κ3) is 4.85. The van der Waals surface area contributed by atoms with Crippen LogP contribution in [0.5, 0.6) is 0 Å². The molecule has 6 nitrogen and oxygen atoms in total. The van der Waals surface area contributed by atoms with Gasteiger partial charge in [-0.05, 0) is 44.4 Å². The van der Waals surface area contributed by atoms with Gasteiger partial charge < -0.3 is 4.74 Å². The second-order valence-electron chi connectivity index (χ2n) is 7.11. The van der Waals surface area contributed by atoms with Crippen molar-refractivity contribution in [2.45, 2.75) is 51.5 Å². The molecule has 2 aromatic rings. The molecule has 1 aliphatic rings. The molecule has 1 saturated carbocycles. The zero-order valence-corrected chi connectivity index (χ0v) is 19.0. The zero-order chi connectivity index (χ0) is 21.8. The summed E-state index contributed by atoms with van der Waals surface area (Å²) >= 11 is 13.3. The zero-order valence-electron chi connectivity index (χ0n) is 16.7. The Bertz CT molecular complexity index is 956. The Kier molecular flexibility index (Phi) is 7.50. The molecule has 160 valence electrons. The van der Waals surface area contributed by atoms with Crippen molar-refractivity contribution in [3.63, 3.8) is 0 Å². The Hall–Kier alpha value is -1.96. The fourth-order valence-electron chi connectivity index (χ4n) is 3.51. The topological polar surface area (TPSA) is 76.6 Å². The lowest BCUT2D eigenvalue weighted by atomic mass is 9.99. The summed E-state index contributed by atoms with van der Waals surface area (Å²) in [6.07, 6.45) is 3.77. The van der Waals surface area contributed by atoms with Gasteiger partial charge in [-0.2, -0.15) is 0 Å². The molecular weight excluding hydrogens is 447 g/mol. The molecule has 0 bridgehead atoms. The number of aromatic nitrogens is 1. The van der Waals surface area contributed by atoms with Crippen LogP contribution in [0.15, 0.2) is 23.6 Å². The lowest BCUT2D eigenvalue weighted by molar-refractivity contribution is -0.137. The van der Waals surface area contributed by atoms with Gasteiger partial charge in [-0.3, -0.25) is 14.5 Å². The Morgan fingerprint density at radius 2 is 1.93 bits per heavy atom. The van der Waals surface area contributed by atoms with E-state index in [1.54, 1.807) is 30.0 Å². The minimum atomic E-state index is -0.947.